The highest BCUT2D eigenvalue weighted by molar-refractivity contribution is 5.99. The zero-order chi connectivity index (χ0) is 16.5. The first kappa shape index (κ1) is 15.7. The van der Waals surface area contributed by atoms with Gasteiger partial charge in [0, 0.05) is 37.8 Å². The Labute approximate surface area is 142 Å². The first-order valence-electron chi connectivity index (χ1n) is 8.76. The van der Waals surface area contributed by atoms with Crippen molar-refractivity contribution in [2.24, 2.45) is 5.92 Å². The fraction of sp³-hybridized carbons (Fsp3) is 0.526. The van der Waals surface area contributed by atoms with Gasteiger partial charge in [0.05, 0.1) is 18.8 Å². The molecule has 1 aromatic carbocycles. The van der Waals surface area contributed by atoms with Crippen molar-refractivity contribution in [3.8, 4) is 5.75 Å². The van der Waals surface area contributed by atoms with Gasteiger partial charge in [0.15, 0.2) is 0 Å². The summed E-state index contributed by atoms with van der Waals surface area (Å²) in [5.41, 5.74) is 1.74. The molecule has 3 heterocycles. The normalized spacial score (nSPS) is 27.4. The molecular formula is C19H24N2O3. The lowest BCUT2D eigenvalue weighted by Crippen LogP contribution is -2.47. The van der Waals surface area contributed by atoms with Gasteiger partial charge in [-0.1, -0.05) is 25.1 Å². The first-order chi connectivity index (χ1) is 11.7. The SMILES string of the molecule is C[C@@H]1CN(C(=O)C2=Cc3ccccc3OC2)C[C@H]1N1CCOCC1. The average molecular weight is 328 g/mol. The van der Waals surface area contributed by atoms with Gasteiger partial charge in [0.2, 0.25) is 0 Å². The summed E-state index contributed by atoms with van der Waals surface area (Å²) >= 11 is 0. The second-order valence-corrected chi connectivity index (χ2v) is 6.90. The molecule has 0 bridgehead atoms. The van der Waals surface area contributed by atoms with E-state index in [4.69, 9.17) is 9.47 Å². The quantitative estimate of drug-likeness (QED) is 0.828. The van der Waals surface area contributed by atoms with E-state index < -0.39 is 0 Å². The summed E-state index contributed by atoms with van der Waals surface area (Å²) in [5, 5.41) is 0. The van der Waals surface area contributed by atoms with Crippen molar-refractivity contribution in [1.82, 2.24) is 9.80 Å². The van der Waals surface area contributed by atoms with Crippen LogP contribution < -0.4 is 4.74 Å². The third-order valence-corrected chi connectivity index (χ3v) is 5.28. The Morgan fingerprint density at radius 2 is 1.96 bits per heavy atom. The number of carbonyl (C=O) groups is 1. The van der Waals surface area contributed by atoms with Crippen LogP contribution in [0.3, 0.4) is 0 Å². The molecule has 2 fully saturated rings. The van der Waals surface area contributed by atoms with Gasteiger partial charge in [-0.25, -0.2) is 0 Å². The van der Waals surface area contributed by atoms with Crippen LogP contribution in [0, 0.1) is 5.92 Å². The lowest BCUT2D eigenvalue weighted by atomic mass is 10.0. The average Bonchev–Trinajstić information content (AvgIpc) is 3.03. The molecule has 0 aliphatic carbocycles. The van der Waals surface area contributed by atoms with Crippen molar-refractivity contribution in [1.29, 1.82) is 0 Å². The van der Waals surface area contributed by atoms with Gasteiger partial charge in [-0.15, -0.1) is 0 Å². The lowest BCUT2D eigenvalue weighted by Gasteiger charge is -2.34. The third kappa shape index (κ3) is 2.94. The van der Waals surface area contributed by atoms with Crippen molar-refractivity contribution in [2.45, 2.75) is 13.0 Å². The molecule has 2 atom stereocenters. The van der Waals surface area contributed by atoms with Crippen molar-refractivity contribution in [3.05, 3.63) is 35.4 Å². The number of ether oxygens (including phenoxy) is 2. The smallest absolute Gasteiger partial charge is 0.253 e. The number of para-hydroxylation sites is 1. The number of rotatable bonds is 2. The molecule has 3 aliphatic heterocycles. The third-order valence-electron chi connectivity index (χ3n) is 5.28. The molecule has 0 N–H and O–H groups in total. The molecule has 0 unspecified atom stereocenters. The topological polar surface area (TPSA) is 42.0 Å². The minimum atomic E-state index is 0.118. The van der Waals surface area contributed by atoms with E-state index in [1.807, 2.05) is 35.2 Å². The van der Waals surface area contributed by atoms with Crippen LogP contribution >= 0.6 is 0 Å². The fourth-order valence-corrected chi connectivity index (χ4v) is 3.94. The summed E-state index contributed by atoms with van der Waals surface area (Å²) in [6.07, 6.45) is 1.98. The molecule has 3 aliphatic rings. The van der Waals surface area contributed by atoms with E-state index in [1.165, 1.54) is 0 Å². The Hall–Kier alpha value is -1.85. The highest BCUT2D eigenvalue weighted by Gasteiger charge is 2.37. The highest BCUT2D eigenvalue weighted by Crippen LogP contribution is 2.29. The Morgan fingerprint density at radius 3 is 2.79 bits per heavy atom. The molecule has 1 amide bonds. The zero-order valence-corrected chi connectivity index (χ0v) is 14.1. The minimum absolute atomic E-state index is 0.118. The molecule has 1 aromatic rings. The van der Waals surface area contributed by atoms with Crippen LogP contribution in [-0.2, 0) is 9.53 Å². The lowest BCUT2D eigenvalue weighted by molar-refractivity contribution is -0.126. The Kier molecular flexibility index (Phi) is 4.29. The molecule has 0 radical (unpaired) electrons. The van der Waals surface area contributed by atoms with E-state index in [0.29, 0.717) is 18.6 Å². The van der Waals surface area contributed by atoms with Crippen LogP contribution in [0.4, 0.5) is 0 Å². The number of hydrogen-bond acceptors (Lipinski definition) is 4. The summed E-state index contributed by atoms with van der Waals surface area (Å²) in [6, 6.07) is 8.30. The molecule has 2 saturated heterocycles. The van der Waals surface area contributed by atoms with Gasteiger partial charge >= 0.3 is 0 Å². The molecule has 24 heavy (non-hydrogen) atoms. The number of likely N-dealkylation sites (tertiary alicyclic amines) is 1. The largest absolute Gasteiger partial charge is 0.488 e. The van der Waals surface area contributed by atoms with Crippen LogP contribution in [0.1, 0.15) is 12.5 Å². The summed E-state index contributed by atoms with van der Waals surface area (Å²) in [6.45, 7) is 7.77. The van der Waals surface area contributed by atoms with Gasteiger partial charge in [0.25, 0.3) is 5.91 Å². The highest BCUT2D eigenvalue weighted by atomic mass is 16.5. The maximum absolute atomic E-state index is 12.9. The van der Waals surface area contributed by atoms with Crippen molar-refractivity contribution in [3.63, 3.8) is 0 Å². The standard InChI is InChI=1S/C19H24N2O3/c1-14-11-21(12-17(14)20-6-8-23-9-7-20)19(22)16-10-15-4-2-3-5-18(15)24-13-16/h2-5,10,14,17H,6-9,11-13H2,1H3/t14-,17-/m1/s1. The number of amides is 1. The second-order valence-electron chi connectivity index (χ2n) is 6.90. The van der Waals surface area contributed by atoms with Gasteiger partial charge in [-0.2, -0.15) is 0 Å². The Bertz CT molecular complexity index is 652. The molecule has 0 aromatic heterocycles. The summed E-state index contributed by atoms with van der Waals surface area (Å²) in [4.78, 5) is 17.4. The van der Waals surface area contributed by atoms with E-state index in [9.17, 15) is 4.79 Å². The molecule has 4 rings (SSSR count). The first-order valence-corrected chi connectivity index (χ1v) is 8.76. The zero-order valence-electron chi connectivity index (χ0n) is 14.1. The van der Waals surface area contributed by atoms with Crippen LogP contribution in [-0.4, -0.2) is 67.7 Å². The van der Waals surface area contributed by atoms with Crippen LogP contribution in [0.2, 0.25) is 0 Å². The maximum atomic E-state index is 12.9. The number of hydrogen-bond donors (Lipinski definition) is 0. The number of nitrogens with zero attached hydrogens (tertiary/aromatic N) is 2. The Balaban J connectivity index is 1.47. The van der Waals surface area contributed by atoms with E-state index in [1.54, 1.807) is 0 Å². The second kappa shape index (κ2) is 6.57. The molecule has 5 nitrogen and oxygen atoms in total. The van der Waals surface area contributed by atoms with Crippen LogP contribution in [0.5, 0.6) is 5.75 Å². The van der Waals surface area contributed by atoms with Crippen LogP contribution in [0.15, 0.2) is 29.8 Å². The number of benzene rings is 1. The van der Waals surface area contributed by atoms with E-state index in [0.717, 1.165) is 56.3 Å². The minimum Gasteiger partial charge on any atom is -0.488 e. The van der Waals surface area contributed by atoms with E-state index >= 15 is 0 Å². The number of carbonyl (C=O) groups excluding carboxylic acids is 1. The molecular weight excluding hydrogens is 304 g/mol. The van der Waals surface area contributed by atoms with E-state index in [2.05, 4.69) is 11.8 Å². The van der Waals surface area contributed by atoms with Gasteiger partial charge < -0.3 is 14.4 Å². The van der Waals surface area contributed by atoms with Crippen molar-refractivity contribution in [2.75, 3.05) is 46.0 Å². The summed E-state index contributed by atoms with van der Waals surface area (Å²) in [7, 11) is 0. The molecule has 5 heteroatoms. The van der Waals surface area contributed by atoms with Crippen molar-refractivity contribution < 1.29 is 14.3 Å². The maximum Gasteiger partial charge on any atom is 0.253 e. The van der Waals surface area contributed by atoms with Crippen LogP contribution in [0.25, 0.3) is 6.08 Å². The molecule has 128 valence electrons. The fourth-order valence-electron chi connectivity index (χ4n) is 3.94. The predicted octanol–water partition coefficient (Wildman–Crippen LogP) is 1.64. The summed E-state index contributed by atoms with van der Waals surface area (Å²) in [5.74, 6) is 1.46. The number of fused-ring (bicyclic) bond motifs is 1. The van der Waals surface area contributed by atoms with Crippen molar-refractivity contribution >= 4 is 12.0 Å². The van der Waals surface area contributed by atoms with Gasteiger partial charge in [-0.3, -0.25) is 9.69 Å². The van der Waals surface area contributed by atoms with Gasteiger partial charge in [-0.05, 0) is 18.1 Å². The molecule has 0 spiro atoms. The monoisotopic (exact) mass is 328 g/mol. The van der Waals surface area contributed by atoms with E-state index in [-0.39, 0.29) is 5.91 Å². The van der Waals surface area contributed by atoms with Gasteiger partial charge in [0.1, 0.15) is 12.4 Å². The Morgan fingerprint density at radius 1 is 1.17 bits per heavy atom. The predicted molar refractivity (Wildman–Crippen MR) is 91.8 cm³/mol. The summed E-state index contributed by atoms with van der Waals surface area (Å²) < 4.78 is 11.2. The molecule has 0 saturated carbocycles. The number of morpholine rings is 1.